The fraction of sp³-hybridized carbons (Fsp3) is 0.400. The molecule has 0 atom stereocenters. The number of nitro groups is 1. The molecule has 0 spiro atoms. The number of aliphatic hydroxyl groups excluding tert-OH is 1. The van der Waals surface area contributed by atoms with Crippen molar-refractivity contribution < 1.29 is 10.0 Å². The second kappa shape index (κ2) is 5.31. The summed E-state index contributed by atoms with van der Waals surface area (Å²) < 4.78 is 0. The van der Waals surface area contributed by atoms with Crippen LogP contribution in [-0.4, -0.2) is 23.2 Å². The highest BCUT2D eigenvalue weighted by molar-refractivity contribution is 5.59. The van der Waals surface area contributed by atoms with Crippen LogP contribution < -0.4 is 5.32 Å². The number of aliphatic hydroxyl groups is 1. The van der Waals surface area contributed by atoms with Gasteiger partial charge in [0.1, 0.15) is 0 Å². The van der Waals surface area contributed by atoms with Gasteiger partial charge in [0.2, 0.25) is 0 Å². The van der Waals surface area contributed by atoms with Crippen molar-refractivity contribution in [2.75, 3.05) is 18.5 Å². The second-order valence-corrected chi connectivity index (χ2v) is 3.21. The zero-order valence-electron chi connectivity index (χ0n) is 8.56. The zero-order valence-corrected chi connectivity index (χ0v) is 8.56. The highest BCUT2D eigenvalue weighted by atomic mass is 16.6. The molecule has 0 aromatic heterocycles. The fourth-order valence-electron chi connectivity index (χ4n) is 1.31. The maximum atomic E-state index is 10.6. The minimum Gasteiger partial charge on any atom is -0.396 e. The molecule has 0 amide bonds. The zero-order chi connectivity index (χ0) is 11.3. The van der Waals surface area contributed by atoms with Gasteiger partial charge in [0.25, 0.3) is 5.69 Å². The van der Waals surface area contributed by atoms with E-state index in [1.807, 2.05) is 0 Å². The molecule has 0 saturated heterocycles. The van der Waals surface area contributed by atoms with Gasteiger partial charge in [-0.15, -0.1) is 0 Å². The van der Waals surface area contributed by atoms with Crippen LogP contribution in [0.4, 0.5) is 11.4 Å². The molecule has 0 unspecified atom stereocenters. The fourth-order valence-corrected chi connectivity index (χ4v) is 1.31. The Bertz CT molecular complexity index is 353. The van der Waals surface area contributed by atoms with E-state index in [1.165, 1.54) is 6.07 Å². The molecule has 0 fully saturated rings. The van der Waals surface area contributed by atoms with Crippen LogP contribution in [0, 0.1) is 17.0 Å². The quantitative estimate of drug-likeness (QED) is 0.440. The summed E-state index contributed by atoms with van der Waals surface area (Å²) in [4.78, 5) is 10.2. The average Bonchev–Trinajstić information content (AvgIpc) is 2.20. The van der Waals surface area contributed by atoms with Crippen LogP contribution in [0.1, 0.15) is 12.0 Å². The molecule has 1 rings (SSSR count). The maximum absolute atomic E-state index is 10.6. The molecule has 0 aliphatic carbocycles. The van der Waals surface area contributed by atoms with E-state index >= 15 is 0 Å². The molecule has 0 saturated carbocycles. The predicted octanol–water partition coefficient (Wildman–Crippen LogP) is 1.70. The van der Waals surface area contributed by atoms with Gasteiger partial charge in [0.15, 0.2) is 0 Å². The van der Waals surface area contributed by atoms with E-state index in [1.54, 1.807) is 19.1 Å². The van der Waals surface area contributed by atoms with E-state index in [4.69, 9.17) is 5.11 Å². The summed E-state index contributed by atoms with van der Waals surface area (Å²) in [6.45, 7) is 2.43. The molecule has 1 aromatic carbocycles. The molecule has 2 N–H and O–H groups in total. The van der Waals surface area contributed by atoms with Crippen molar-refractivity contribution in [1.29, 1.82) is 0 Å². The Balaban J connectivity index is 2.80. The Labute approximate surface area is 87.9 Å². The van der Waals surface area contributed by atoms with Gasteiger partial charge in [-0.25, -0.2) is 0 Å². The van der Waals surface area contributed by atoms with Crippen LogP contribution in [-0.2, 0) is 0 Å². The third-order valence-corrected chi connectivity index (χ3v) is 2.15. The van der Waals surface area contributed by atoms with Gasteiger partial charge in [-0.1, -0.05) is 6.07 Å². The largest absolute Gasteiger partial charge is 0.396 e. The first-order valence-corrected chi connectivity index (χ1v) is 4.75. The summed E-state index contributed by atoms with van der Waals surface area (Å²) in [5, 5.41) is 22.3. The number of nitrogens with one attached hydrogen (secondary N) is 1. The SMILES string of the molecule is Cc1c(NCCCO)cccc1[N+](=O)[O-]. The first-order chi connectivity index (χ1) is 7.16. The molecule has 0 aliphatic rings. The predicted molar refractivity (Wildman–Crippen MR) is 58.0 cm³/mol. The van der Waals surface area contributed by atoms with E-state index in [0.29, 0.717) is 18.5 Å². The van der Waals surface area contributed by atoms with Crippen molar-refractivity contribution in [3.05, 3.63) is 33.9 Å². The lowest BCUT2D eigenvalue weighted by Gasteiger charge is -2.08. The Morgan fingerprint density at radius 1 is 1.53 bits per heavy atom. The number of nitro benzene ring substituents is 1. The van der Waals surface area contributed by atoms with Crippen molar-refractivity contribution >= 4 is 11.4 Å². The number of nitrogens with zero attached hydrogens (tertiary/aromatic N) is 1. The van der Waals surface area contributed by atoms with Crippen molar-refractivity contribution in [3.63, 3.8) is 0 Å². The molecule has 1 aromatic rings. The van der Waals surface area contributed by atoms with Crippen LogP contribution in [0.2, 0.25) is 0 Å². The molecular formula is C10H14N2O3. The molecule has 0 aliphatic heterocycles. The Morgan fingerprint density at radius 3 is 2.87 bits per heavy atom. The summed E-state index contributed by atoms with van der Waals surface area (Å²) >= 11 is 0. The second-order valence-electron chi connectivity index (χ2n) is 3.21. The van der Waals surface area contributed by atoms with E-state index < -0.39 is 4.92 Å². The third kappa shape index (κ3) is 2.92. The summed E-state index contributed by atoms with van der Waals surface area (Å²) in [5.74, 6) is 0. The van der Waals surface area contributed by atoms with Crippen LogP contribution in [0.25, 0.3) is 0 Å². The number of anilines is 1. The Hall–Kier alpha value is -1.62. The molecule has 5 nitrogen and oxygen atoms in total. The van der Waals surface area contributed by atoms with Gasteiger partial charge < -0.3 is 10.4 Å². The summed E-state index contributed by atoms with van der Waals surface area (Å²) in [5.41, 5.74) is 1.49. The van der Waals surface area contributed by atoms with Crippen LogP contribution >= 0.6 is 0 Å². The number of benzene rings is 1. The maximum Gasteiger partial charge on any atom is 0.274 e. The van der Waals surface area contributed by atoms with Crippen LogP contribution in [0.5, 0.6) is 0 Å². The summed E-state index contributed by atoms with van der Waals surface area (Å²) in [6.07, 6.45) is 0.627. The summed E-state index contributed by atoms with van der Waals surface area (Å²) in [7, 11) is 0. The lowest BCUT2D eigenvalue weighted by atomic mass is 10.1. The first kappa shape index (κ1) is 11.5. The monoisotopic (exact) mass is 210 g/mol. The first-order valence-electron chi connectivity index (χ1n) is 4.75. The van der Waals surface area contributed by atoms with Gasteiger partial charge in [-0.2, -0.15) is 0 Å². The number of hydrogen-bond acceptors (Lipinski definition) is 4. The molecule has 0 radical (unpaired) electrons. The lowest BCUT2D eigenvalue weighted by Crippen LogP contribution is -2.05. The smallest absolute Gasteiger partial charge is 0.274 e. The molecule has 0 heterocycles. The van der Waals surface area contributed by atoms with Gasteiger partial charge in [-0.3, -0.25) is 10.1 Å². The summed E-state index contributed by atoms with van der Waals surface area (Å²) in [6, 6.07) is 4.92. The topological polar surface area (TPSA) is 75.4 Å². The molecule has 82 valence electrons. The molecule has 15 heavy (non-hydrogen) atoms. The van der Waals surface area contributed by atoms with Gasteiger partial charge >= 0.3 is 0 Å². The minimum absolute atomic E-state index is 0.112. The van der Waals surface area contributed by atoms with Crippen molar-refractivity contribution in [2.45, 2.75) is 13.3 Å². The van der Waals surface area contributed by atoms with Crippen LogP contribution in [0.15, 0.2) is 18.2 Å². The van der Waals surface area contributed by atoms with Gasteiger partial charge in [0.05, 0.1) is 4.92 Å². The van der Waals surface area contributed by atoms with E-state index in [-0.39, 0.29) is 12.3 Å². The van der Waals surface area contributed by atoms with Gasteiger partial charge in [-0.05, 0) is 19.4 Å². The van der Waals surface area contributed by atoms with E-state index in [0.717, 1.165) is 5.69 Å². The van der Waals surface area contributed by atoms with Crippen LogP contribution in [0.3, 0.4) is 0 Å². The van der Waals surface area contributed by atoms with Crippen molar-refractivity contribution in [2.24, 2.45) is 0 Å². The average molecular weight is 210 g/mol. The van der Waals surface area contributed by atoms with Crippen molar-refractivity contribution in [3.8, 4) is 0 Å². The third-order valence-electron chi connectivity index (χ3n) is 2.15. The van der Waals surface area contributed by atoms with E-state index in [2.05, 4.69) is 5.32 Å². The minimum atomic E-state index is -0.396. The Kier molecular flexibility index (Phi) is 4.05. The van der Waals surface area contributed by atoms with Gasteiger partial charge in [0, 0.05) is 30.5 Å². The molecule has 0 bridgehead atoms. The Morgan fingerprint density at radius 2 is 2.27 bits per heavy atom. The normalized spacial score (nSPS) is 10.0. The standard InChI is InChI=1S/C10H14N2O3/c1-8-9(11-6-3-7-13)4-2-5-10(8)12(14)15/h2,4-5,11,13H,3,6-7H2,1H3. The highest BCUT2D eigenvalue weighted by Gasteiger charge is 2.12. The van der Waals surface area contributed by atoms with E-state index in [9.17, 15) is 10.1 Å². The number of rotatable bonds is 5. The lowest BCUT2D eigenvalue weighted by molar-refractivity contribution is -0.385. The van der Waals surface area contributed by atoms with Crippen molar-refractivity contribution in [1.82, 2.24) is 0 Å². The molecule has 5 heteroatoms. The highest BCUT2D eigenvalue weighted by Crippen LogP contribution is 2.24. The molecular weight excluding hydrogens is 196 g/mol. The number of hydrogen-bond donors (Lipinski definition) is 2.